The van der Waals surface area contributed by atoms with Crippen molar-refractivity contribution in [2.75, 3.05) is 46.4 Å². The first-order valence-electron chi connectivity index (χ1n) is 9.30. The minimum atomic E-state index is -0.466. The monoisotopic (exact) mass is 356 g/mol. The number of hydrogen-bond donors (Lipinski definition) is 3. The van der Waals surface area contributed by atoms with Gasteiger partial charge in [0.25, 0.3) is 0 Å². The molecule has 0 aromatic heterocycles. The molecular formula is C17H32N4O4. The Morgan fingerprint density at radius 3 is 2.56 bits per heavy atom. The van der Waals surface area contributed by atoms with Crippen LogP contribution in [0.25, 0.3) is 0 Å². The molecule has 2 rings (SSSR count). The average molecular weight is 356 g/mol. The van der Waals surface area contributed by atoms with Crippen molar-refractivity contribution < 1.29 is 19.4 Å². The van der Waals surface area contributed by atoms with E-state index in [1.54, 1.807) is 0 Å². The molecule has 2 aliphatic heterocycles. The van der Waals surface area contributed by atoms with E-state index in [-0.39, 0.29) is 30.7 Å². The summed E-state index contributed by atoms with van der Waals surface area (Å²) in [7, 11) is 2.06. The minimum Gasteiger partial charge on any atom is -0.394 e. The number of likely N-dealkylation sites (N-methyl/N-ethyl adjacent to an activating group) is 1. The lowest BCUT2D eigenvalue weighted by atomic mass is 9.97. The molecule has 3 amide bonds. The Bertz CT molecular complexity index is 440. The van der Waals surface area contributed by atoms with Gasteiger partial charge in [0, 0.05) is 32.7 Å². The Hall–Kier alpha value is -1.38. The maximum Gasteiger partial charge on any atom is 0.315 e. The zero-order valence-corrected chi connectivity index (χ0v) is 15.4. The standard InChI is InChI=1S/C17H32N4O4/c1-3-6-18-17(24)19-14-5-4-13(25-15(14)12-22)11-16(23)21-9-7-20(2)8-10-21/h13-15,22H,3-12H2,1-2H3,(H2,18,19,24)/t13-,14-,15+/m1/s1. The fraction of sp³-hybridized carbons (Fsp3) is 0.882. The minimum absolute atomic E-state index is 0.113. The van der Waals surface area contributed by atoms with E-state index >= 15 is 0 Å². The Labute approximate surface area is 149 Å². The van der Waals surface area contributed by atoms with Crippen LogP contribution >= 0.6 is 0 Å². The van der Waals surface area contributed by atoms with Crippen molar-refractivity contribution >= 4 is 11.9 Å². The number of hydrogen-bond acceptors (Lipinski definition) is 5. The highest BCUT2D eigenvalue weighted by atomic mass is 16.5. The van der Waals surface area contributed by atoms with Crippen molar-refractivity contribution in [2.45, 2.75) is 50.9 Å². The molecule has 25 heavy (non-hydrogen) atoms. The van der Waals surface area contributed by atoms with Crippen LogP contribution in [0.1, 0.15) is 32.6 Å². The van der Waals surface area contributed by atoms with Crippen LogP contribution in [0.4, 0.5) is 4.79 Å². The third-order valence-corrected chi connectivity index (χ3v) is 4.91. The normalized spacial score (nSPS) is 27.8. The number of aliphatic hydroxyl groups excluding tert-OH is 1. The second kappa shape index (κ2) is 9.94. The Morgan fingerprint density at radius 2 is 1.92 bits per heavy atom. The summed E-state index contributed by atoms with van der Waals surface area (Å²) in [4.78, 5) is 28.3. The van der Waals surface area contributed by atoms with Gasteiger partial charge in [-0.05, 0) is 26.3 Å². The van der Waals surface area contributed by atoms with Gasteiger partial charge in [-0.1, -0.05) is 6.92 Å². The lowest BCUT2D eigenvalue weighted by Crippen LogP contribution is -2.54. The third-order valence-electron chi connectivity index (χ3n) is 4.91. The summed E-state index contributed by atoms with van der Waals surface area (Å²) in [5, 5.41) is 15.2. The number of rotatable bonds is 6. The van der Waals surface area contributed by atoms with Gasteiger partial charge in [-0.25, -0.2) is 4.79 Å². The van der Waals surface area contributed by atoms with E-state index in [1.807, 2.05) is 11.8 Å². The van der Waals surface area contributed by atoms with Gasteiger partial charge in [-0.2, -0.15) is 0 Å². The second-order valence-corrected chi connectivity index (χ2v) is 6.95. The summed E-state index contributed by atoms with van der Waals surface area (Å²) >= 11 is 0. The smallest absolute Gasteiger partial charge is 0.315 e. The second-order valence-electron chi connectivity index (χ2n) is 6.95. The Balaban J connectivity index is 1.78. The number of urea groups is 1. The van der Waals surface area contributed by atoms with Crippen LogP contribution in [0.3, 0.4) is 0 Å². The summed E-state index contributed by atoms with van der Waals surface area (Å²) in [5.41, 5.74) is 0. The number of aliphatic hydroxyl groups is 1. The molecule has 0 aromatic carbocycles. The molecule has 144 valence electrons. The molecule has 0 aliphatic carbocycles. The first-order chi connectivity index (χ1) is 12.0. The van der Waals surface area contributed by atoms with Crippen LogP contribution < -0.4 is 10.6 Å². The van der Waals surface area contributed by atoms with E-state index in [9.17, 15) is 14.7 Å². The Morgan fingerprint density at radius 1 is 1.20 bits per heavy atom. The van der Waals surface area contributed by atoms with Gasteiger partial charge in [0.15, 0.2) is 0 Å². The quantitative estimate of drug-likeness (QED) is 0.611. The summed E-state index contributed by atoms with van der Waals surface area (Å²) < 4.78 is 5.89. The van der Waals surface area contributed by atoms with Gasteiger partial charge < -0.3 is 30.3 Å². The van der Waals surface area contributed by atoms with Gasteiger partial charge in [0.05, 0.1) is 25.2 Å². The van der Waals surface area contributed by atoms with E-state index < -0.39 is 6.10 Å². The van der Waals surface area contributed by atoms with Crippen LogP contribution in [0.15, 0.2) is 0 Å². The molecule has 0 radical (unpaired) electrons. The van der Waals surface area contributed by atoms with Crippen LogP contribution in [0, 0.1) is 0 Å². The van der Waals surface area contributed by atoms with Crippen molar-refractivity contribution in [2.24, 2.45) is 0 Å². The highest BCUT2D eigenvalue weighted by Gasteiger charge is 2.33. The number of piperazine rings is 1. The molecule has 2 fully saturated rings. The molecule has 3 atom stereocenters. The third kappa shape index (κ3) is 6.13. The molecule has 0 bridgehead atoms. The number of carbonyl (C=O) groups is 2. The van der Waals surface area contributed by atoms with Crippen molar-refractivity contribution in [3.8, 4) is 0 Å². The van der Waals surface area contributed by atoms with Gasteiger partial charge in [-0.3, -0.25) is 4.79 Å². The van der Waals surface area contributed by atoms with Gasteiger partial charge in [-0.15, -0.1) is 0 Å². The summed E-state index contributed by atoms with van der Waals surface area (Å²) in [5.74, 6) is 0.113. The molecule has 8 nitrogen and oxygen atoms in total. The van der Waals surface area contributed by atoms with Gasteiger partial charge in [0.2, 0.25) is 5.91 Å². The van der Waals surface area contributed by atoms with E-state index in [0.717, 1.165) is 32.6 Å². The van der Waals surface area contributed by atoms with Crippen molar-refractivity contribution in [1.29, 1.82) is 0 Å². The summed E-state index contributed by atoms with van der Waals surface area (Å²) in [6.45, 7) is 5.75. The molecule has 0 spiro atoms. The highest BCUT2D eigenvalue weighted by Crippen LogP contribution is 2.22. The lowest BCUT2D eigenvalue weighted by molar-refractivity contribution is -0.141. The predicted molar refractivity (Wildman–Crippen MR) is 94.3 cm³/mol. The average Bonchev–Trinajstić information content (AvgIpc) is 2.61. The molecule has 3 N–H and O–H groups in total. The molecule has 0 unspecified atom stereocenters. The van der Waals surface area contributed by atoms with E-state index in [4.69, 9.17) is 4.74 Å². The van der Waals surface area contributed by atoms with Gasteiger partial charge >= 0.3 is 6.03 Å². The van der Waals surface area contributed by atoms with Crippen molar-refractivity contribution in [3.05, 3.63) is 0 Å². The first kappa shape index (κ1) is 19.9. The SMILES string of the molecule is CCCNC(=O)N[C@@H]1CC[C@H](CC(=O)N2CCN(C)CC2)O[C@H]1CO. The molecule has 2 heterocycles. The maximum absolute atomic E-state index is 12.4. The summed E-state index contributed by atoms with van der Waals surface area (Å²) in [6, 6.07) is -0.460. The van der Waals surface area contributed by atoms with Gasteiger partial charge in [0.1, 0.15) is 6.10 Å². The molecule has 2 saturated heterocycles. The first-order valence-corrected chi connectivity index (χ1v) is 9.30. The zero-order valence-electron chi connectivity index (χ0n) is 15.4. The predicted octanol–water partition coefficient (Wildman–Crippen LogP) is -0.232. The van der Waals surface area contributed by atoms with Crippen LogP contribution in [-0.4, -0.2) is 91.5 Å². The van der Waals surface area contributed by atoms with Crippen molar-refractivity contribution in [3.63, 3.8) is 0 Å². The van der Waals surface area contributed by atoms with E-state index in [2.05, 4.69) is 22.6 Å². The zero-order chi connectivity index (χ0) is 18.2. The highest BCUT2D eigenvalue weighted by molar-refractivity contribution is 5.77. The fourth-order valence-corrected chi connectivity index (χ4v) is 3.28. The van der Waals surface area contributed by atoms with E-state index in [1.165, 1.54) is 0 Å². The van der Waals surface area contributed by atoms with E-state index in [0.29, 0.717) is 25.8 Å². The number of amides is 3. The molecular weight excluding hydrogens is 324 g/mol. The maximum atomic E-state index is 12.4. The Kier molecular flexibility index (Phi) is 7.92. The molecule has 0 saturated carbocycles. The van der Waals surface area contributed by atoms with Crippen LogP contribution in [0.5, 0.6) is 0 Å². The molecule has 0 aromatic rings. The molecule has 2 aliphatic rings. The summed E-state index contributed by atoms with van der Waals surface area (Å²) in [6.07, 6.45) is 1.95. The number of carbonyl (C=O) groups excluding carboxylic acids is 2. The number of ether oxygens (including phenoxy) is 1. The number of nitrogens with one attached hydrogen (secondary N) is 2. The van der Waals surface area contributed by atoms with Crippen LogP contribution in [0.2, 0.25) is 0 Å². The topological polar surface area (TPSA) is 94.1 Å². The van der Waals surface area contributed by atoms with Crippen LogP contribution in [-0.2, 0) is 9.53 Å². The number of nitrogens with zero attached hydrogens (tertiary/aromatic N) is 2. The molecule has 8 heteroatoms. The lowest BCUT2D eigenvalue weighted by Gasteiger charge is -2.37. The van der Waals surface area contributed by atoms with Crippen molar-refractivity contribution in [1.82, 2.24) is 20.4 Å². The fourth-order valence-electron chi connectivity index (χ4n) is 3.28. The largest absolute Gasteiger partial charge is 0.394 e.